The molecule has 17 heavy (non-hydrogen) atoms. The van der Waals surface area contributed by atoms with E-state index < -0.39 is 0 Å². The summed E-state index contributed by atoms with van der Waals surface area (Å²) in [5.74, 6) is 0.0996. The van der Waals surface area contributed by atoms with Gasteiger partial charge in [0.1, 0.15) is 0 Å². The fraction of sp³-hybridized carbons (Fsp3) is 0.500. The Morgan fingerprint density at radius 2 is 1.88 bits per heavy atom. The van der Waals surface area contributed by atoms with Crippen molar-refractivity contribution in [1.82, 2.24) is 5.32 Å². The molecule has 0 bridgehead atoms. The van der Waals surface area contributed by atoms with Gasteiger partial charge in [0, 0.05) is 25.2 Å². The van der Waals surface area contributed by atoms with Gasteiger partial charge in [-0.1, -0.05) is 25.5 Å². The van der Waals surface area contributed by atoms with E-state index >= 15 is 0 Å². The van der Waals surface area contributed by atoms with E-state index in [0.717, 1.165) is 12.1 Å². The molecule has 0 aliphatic carbocycles. The molecule has 0 radical (unpaired) electrons. The van der Waals surface area contributed by atoms with Crippen molar-refractivity contribution < 1.29 is 4.79 Å². The number of carbonyl (C=O) groups excluding carboxylic acids is 1. The van der Waals surface area contributed by atoms with Gasteiger partial charge in [-0.05, 0) is 31.0 Å². The number of hydrogen-bond donors (Lipinski definition) is 2. The van der Waals surface area contributed by atoms with Crippen molar-refractivity contribution in [2.75, 3.05) is 18.4 Å². The van der Waals surface area contributed by atoms with Gasteiger partial charge in [-0.3, -0.25) is 4.79 Å². The lowest BCUT2D eigenvalue weighted by atomic mass is 10.1. The normalized spacial score (nSPS) is 10.0. The van der Waals surface area contributed by atoms with Crippen LogP contribution in [0, 0.1) is 0 Å². The van der Waals surface area contributed by atoms with Crippen molar-refractivity contribution in [2.45, 2.75) is 33.1 Å². The number of amides is 1. The molecule has 0 spiro atoms. The molecule has 3 nitrogen and oxygen atoms in total. The van der Waals surface area contributed by atoms with Gasteiger partial charge < -0.3 is 10.6 Å². The molecule has 1 rings (SSSR count). The lowest BCUT2D eigenvalue weighted by Gasteiger charge is -2.07. The predicted molar refractivity (Wildman–Crippen MR) is 72.2 cm³/mol. The molecule has 0 fully saturated rings. The highest BCUT2D eigenvalue weighted by atomic mass is 16.1. The number of anilines is 1. The summed E-state index contributed by atoms with van der Waals surface area (Å²) >= 11 is 0. The third-order valence-corrected chi connectivity index (χ3v) is 2.55. The monoisotopic (exact) mass is 234 g/mol. The predicted octanol–water partition coefficient (Wildman–Crippen LogP) is 2.58. The molecule has 0 unspecified atom stereocenters. The van der Waals surface area contributed by atoms with Crippen LogP contribution >= 0.6 is 0 Å². The highest BCUT2D eigenvalue weighted by Gasteiger charge is 1.98. The van der Waals surface area contributed by atoms with E-state index in [1.54, 1.807) is 0 Å². The van der Waals surface area contributed by atoms with E-state index in [9.17, 15) is 4.79 Å². The lowest BCUT2D eigenvalue weighted by molar-refractivity contribution is -0.120. The molecule has 0 aliphatic rings. The van der Waals surface area contributed by atoms with Gasteiger partial charge >= 0.3 is 0 Å². The zero-order valence-corrected chi connectivity index (χ0v) is 10.8. The molecule has 3 heteroatoms. The summed E-state index contributed by atoms with van der Waals surface area (Å²) in [7, 11) is 0. The van der Waals surface area contributed by atoms with Crippen LogP contribution in [0.2, 0.25) is 0 Å². The summed E-state index contributed by atoms with van der Waals surface area (Å²) in [6, 6.07) is 8.42. The first-order valence-electron chi connectivity index (χ1n) is 6.35. The smallest absolute Gasteiger partial charge is 0.221 e. The van der Waals surface area contributed by atoms with Gasteiger partial charge in [-0.25, -0.2) is 0 Å². The number of rotatable bonds is 7. The SMILES string of the molecule is CCCc1ccc(NCCC(=O)NCC)cc1. The van der Waals surface area contributed by atoms with Crippen molar-refractivity contribution in [2.24, 2.45) is 0 Å². The van der Waals surface area contributed by atoms with Gasteiger partial charge in [-0.15, -0.1) is 0 Å². The van der Waals surface area contributed by atoms with E-state index in [1.807, 2.05) is 6.92 Å². The summed E-state index contributed by atoms with van der Waals surface area (Å²) in [6.45, 7) is 5.49. The second kappa shape index (κ2) is 7.71. The van der Waals surface area contributed by atoms with E-state index in [0.29, 0.717) is 19.5 Å². The topological polar surface area (TPSA) is 41.1 Å². The van der Waals surface area contributed by atoms with Crippen LogP contribution in [0.3, 0.4) is 0 Å². The first kappa shape index (κ1) is 13.6. The average molecular weight is 234 g/mol. The summed E-state index contributed by atoms with van der Waals surface area (Å²) in [6.07, 6.45) is 2.81. The quantitative estimate of drug-likeness (QED) is 0.761. The van der Waals surface area contributed by atoms with Crippen LogP contribution in [0.25, 0.3) is 0 Å². The Labute approximate surface area is 104 Å². The number of aryl methyl sites for hydroxylation is 1. The summed E-state index contributed by atoms with van der Waals surface area (Å²) in [5.41, 5.74) is 2.44. The van der Waals surface area contributed by atoms with E-state index in [4.69, 9.17) is 0 Å². The fourth-order valence-electron chi connectivity index (χ4n) is 1.68. The maximum absolute atomic E-state index is 11.2. The first-order valence-corrected chi connectivity index (χ1v) is 6.35. The van der Waals surface area contributed by atoms with Crippen LogP contribution in [0.5, 0.6) is 0 Å². The summed E-state index contributed by atoms with van der Waals surface area (Å²) in [4.78, 5) is 11.2. The van der Waals surface area contributed by atoms with E-state index in [1.165, 1.54) is 12.0 Å². The molecule has 94 valence electrons. The Hall–Kier alpha value is -1.51. The number of carbonyl (C=O) groups is 1. The maximum atomic E-state index is 11.2. The average Bonchev–Trinajstić information content (AvgIpc) is 2.32. The van der Waals surface area contributed by atoms with Crippen LogP contribution in [0.1, 0.15) is 32.3 Å². The molecule has 2 N–H and O–H groups in total. The highest BCUT2D eigenvalue weighted by Crippen LogP contribution is 2.10. The van der Waals surface area contributed by atoms with Crippen LogP contribution in [0.15, 0.2) is 24.3 Å². The minimum atomic E-state index is 0.0996. The molecule has 0 atom stereocenters. The third-order valence-electron chi connectivity index (χ3n) is 2.55. The Morgan fingerprint density at radius 3 is 2.47 bits per heavy atom. The molecule has 0 saturated carbocycles. The van der Waals surface area contributed by atoms with Crippen LogP contribution in [-0.4, -0.2) is 19.0 Å². The molecule has 0 heterocycles. The number of hydrogen-bond acceptors (Lipinski definition) is 2. The zero-order chi connectivity index (χ0) is 12.5. The highest BCUT2D eigenvalue weighted by molar-refractivity contribution is 5.76. The maximum Gasteiger partial charge on any atom is 0.221 e. The van der Waals surface area contributed by atoms with Crippen molar-refractivity contribution >= 4 is 11.6 Å². The molecular formula is C14H22N2O. The Balaban J connectivity index is 2.29. The molecular weight excluding hydrogens is 212 g/mol. The lowest BCUT2D eigenvalue weighted by Crippen LogP contribution is -2.24. The Bertz CT molecular complexity index is 333. The first-order chi connectivity index (χ1) is 8.26. The van der Waals surface area contributed by atoms with Crippen molar-refractivity contribution in [3.8, 4) is 0 Å². The Kier molecular flexibility index (Phi) is 6.15. The fourth-order valence-corrected chi connectivity index (χ4v) is 1.68. The van der Waals surface area contributed by atoms with Gasteiger partial charge in [0.25, 0.3) is 0 Å². The third kappa shape index (κ3) is 5.38. The largest absolute Gasteiger partial charge is 0.385 e. The van der Waals surface area contributed by atoms with Crippen molar-refractivity contribution in [3.05, 3.63) is 29.8 Å². The standard InChI is InChI=1S/C14H22N2O/c1-3-5-12-6-8-13(9-7-12)16-11-10-14(17)15-4-2/h6-9,16H,3-5,10-11H2,1-2H3,(H,15,17). The minimum absolute atomic E-state index is 0.0996. The van der Waals surface area contributed by atoms with E-state index in [2.05, 4.69) is 41.8 Å². The summed E-state index contributed by atoms with van der Waals surface area (Å²) < 4.78 is 0. The van der Waals surface area contributed by atoms with Crippen LogP contribution in [-0.2, 0) is 11.2 Å². The molecule has 1 aromatic carbocycles. The molecule has 1 amide bonds. The van der Waals surface area contributed by atoms with Crippen molar-refractivity contribution in [3.63, 3.8) is 0 Å². The van der Waals surface area contributed by atoms with Gasteiger partial charge in [0.2, 0.25) is 5.91 Å². The van der Waals surface area contributed by atoms with Crippen LogP contribution in [0.4, 0.5) is 5.69 Å². The molecule has 0 aliphatic heterocycles. The zero-order valence-electron chi connectivity index (χ0n) is 10.8. The van der Waals surface area contributed by atoms with E-state index in [-0.39, 0.29) is 5.91 Å². The molecule has 0 aromatic heterocycles. The molecule has 0 saturated heterocycles. The second-order valence-corrected chi connectivity index (χ2v) is 4.08. The van der Waals surface area contributed by atoms with Gasteiger partial charge in [-0.2, -0.15) is 0 Å². The van der Waals surface area contributed by atoms with Gasteiger partial charge in [0.05, 0.1) is 0 Å². The number of benzene rings is 1. The minimum Gasteiger partial charge on any atom is -0.385 e. The Morgan fingerprint density at radius 1 is 1.18 bits per heavy atom. The summed E-state index contributed by atoms with van der Waals surface area (Å²) in [5, 5.41) is 6.02. The van der Waals surface area contributed by atoms with Crippen molar-refractivity contribution in [1.29, 1.82) is 0 Å². The number of nitrogens with one attached hydrogen (secondary N) is 2. The van der Waals surface area contributed by atoms with Crippen LogP contribution < -0.4 is 10.6 Å². The van der Waals surface area contributed by atoms with Gasteiger partial charge in [0.15, 0.2) is 0 Å². The molecule has 1 aromatic rings. The second-order valence-electron chi connectivity index (χ2n) is 4.08.